The topological polar surface area (TPSA) is 52.7 Å². The number of benzene rings is 1. The van der Waals surface area contributed by atoms with Crippen molar-refractivity contribution in [2.75, 3.05) is 26.7 Å². The Hall–Kier alpha value is -1.88. The van der Waals surface area contributed by atoms with Crippen LogP contribution in [0.4, 0.5) is 0 Å². The van der Waals surface area contributed by atoms with Gasteiger partial charge < -0.3 is 10.2 Å². The summed E-state index contributed by atoms with van der Waals surface area (Å²) in [6.07, 6.45) is 8.01. The second-order valence-electron chi connectivity index (χ2n) is 7.70. The third-order valence-electron chi connectivity index (χ3n) is 5.80. The van der Waals surface area contributed by atoms with Crippen molar-refractivity contribution >= 4 is 11.8 Å². The third-order valence-corrected chi connectivity index (χ3v) is 5.80. The molecule has 2 aliphatic rings. The van der Waals surface area contributed by atoms with Crippen molar-refractivity contribution in [3.8, 4) is 0 Å². The normalized spacial score (nSPS) is 19.5. The first-order valence-electron chi connectivity index (χ1n) is 9.97. The molecule has 1 aliphatic heterocycles. The van der Waals surface area contributed by atoms with Crippen LogP contribution in [0.15, 0.2) is 30.3 Å². The molecule has 1 aromatic rings. The lowest BCUT2D eigenvalue weighted by Crippen LogP contribution is -2.49. The van der Waals surface area contributed by atoms with Gasteiger partial charge in [0.1, 0.15) is 0 Å². The van der Waals surface area contributed by atoms with Crippen molar-refractivity contribution in [1.29, 1.82) is 0 Å². The van der Waals surface area contributed by atoms with Crippen LogP contribution < -0.4 is 5.32 Å². The van der Waals surface area contributed by atoms with E-state index in [1.807, 2.05) is 35.2 Å². The Labute approximate surface area is 156 Å². The van der Waals surface area contributed by atoms with Crippen molar-refractivity contribution in [2.24, 2.45) is 0 Å². The van der Waals surface area contributed by atoms with Crippen molar-refractivity contribution < 1.29 is 9.59 Å². The predicted molar refractivity (Wildman–Crippen MR) is 103 cm³/mol. The van der Waals surface area contributed by atoms with Crippen molar-refractivity contribution in [3.05, 3.63) is 35.9 Å². The zero-order valence-corrected chi connectivity index (χ0v) is 15.8. The summed E-state index contributed by atoms with van der Waals surface area (Å²) in [5.41, 5.74) is 0.695. The molecule has 1 saturated heterocycles. The van der Waals surface area contributed by atoms with Crippen LogP contribution in [0.1, 0.15) is 55.3 Å². The molecule has 0 atom stereocenters. The van der Waals surface area contributed by atoms with Crippen LogP contribution in [-0.2, 0) is 4.79 Å². The molecule has 1 saturated carbocycles. The summed E-state index contributed by atoms with van der Waals surface area (Å²) in [5, 5.41) is 3.10. The first-order valence-corrected chi connectivity index (χ1v) is 9.97. The van der Waals surface area contributed by atoms with Gasteiger partial charge in [0.2, 0.25) is 5.91 Å². The van der Waals surface area contributed by atoms with E-state index >= 15 is 0 Å². The number of nitrogens with one attached hydrogen (secondary N) is 1. The number of piperidine rings is 1. The Morgan fingerprint density at radius 2 is 1.69 bits per heavy atom. The second-order valence-corrected chi connectivity index (χ2v) is 7.70. The fourth-order valence-electron chi connectivity index (χ4n) is 4.10. The number of nitrogens with zero attached hydrogens (tertiary/aromatic N) is 2. The number of rotatable bonds is 5. The standard InChI is InChI=1S/C21H31N3O2/c1-23(19-10-6-3-7-11-19)16-20(25)24-14-12-18(13-15-24)22-21(26)17-8-4-2-5-9-17/h2,4-5,8-9,18-19H,3,6-7,10-16H2,1H3,(H,22,26). The monoisotopic (exact) mass is 357 g/mol. The second kappa shape index (κ2) is 9.17. The minimum absolute atomic E-state index is 0.0209. The molecular formula is C21H31N3O2. The summed E-state index contributed by atoms with van der Waals surface area (Å²) < 4.78 is 0. The van der Waals surface area contributed by atoms with Crippen LogP contribution in [0.5, 0.6) is 0 Å². The minimum atomic E-state index is -0.0209. The highest BCUT2D eigenvalue weighted by molar-refractivity contribution is 5.94. The van der Waals surface area contributed by atoms with E-state index in [4.69, 9.17) is 0 Å². The Morgan fingerprint density at radius 1 is 1.04 bits per heavy atom. The molecule has 0 bridgehead atoms. The van der Waals surface area contributed by atoms with E-state index in [1.165, 1.54) is 32.1 Å². The molecule has 1 aromatic carbocycles. The van der Waals surface area contributed by atoms with E-state index in [1.54, 1.807) is 0 Å². The molecule has 5 nitrogen and oxygen atoms in total. The van der Waals surface area contributed by atoms with Gasteiger partial charge in [-0.05, 0) is 44.9 Å². The Kier molecular flexibility index (Phi) is 6.67. The molecule has 0 spiro atoms. The zero-order valence-electron chi connectivity index (χ0n) is 15.8. The fraction of sp³-hybridized carbons (Fsp3) is 0.619. The zero-order chi connectivity index (χ0) is 18.4. The van der Waals surface area contributed by atoms with Crippen LogP contribution in [0, 0.1) is 0 Å². The van der Waals surface area contributed by atoms with Gasteiger partial charge in [-0.1, -0.05) is 37.5 Å². The maximum absolute atomic E-state index is 12.6. The Morgan fingerprint density at radius 3 is 2.35 bits per heavy atom. The third kappa shape index (κ3) is 5.07. The molecule has 1 heterocycles. The van der Waals surface area contributed by atoms with Gasteiger partial charge in [0.25, 0.3) is 5.91 Å². The number of carbonyl (C=O) groups excluding carboxylic acids is 2. The minimum Gasteiger partial charge on any atom is -0.349 e. The van der Waals surface area contributed by atoms with Gasteiger partial charge >= 0.3 is 0 Å². The molecule has 5 heteroatoms. The van der Waals surface area contributed by atoms with Crippen LogP contribution in [0.2, 0.25) is 0 Å². The first-order chi connectivity index (χ1) is 12.6. The summed E-state index contributed by atoms with van der Waals surface area (Å²) in [6.45, 7) is 1.99. The molecule has 0 radical (unpaired) electrons. The quantitative estimate of drug-likeness (QED) is 0.881. The number of likely N-dealkylation sites (tertiary alicyclic amines) is 1. The molecule has 0 unspecified atom stereocenters. The number of amides is 2. The molecule has 2 fully saturated rings. The Bertz CT molecular complexity index is 591. The van der Waals surface area contributed by atoms with Gasteiger partial charge in [0, 0.05) is 30.7 Å². The average molecular weight is 357 g/mol. The molecule has 26 heavy (non-hydrogen) atoms. The maximum atomic E-state index is 12.6. The smallest absolute Gasteiger partial charge is 0.251 e. The number of hydrogen-bond donors (Lipinski definition) is 1. The van der Waals surface area contributed by atoms with Crippen LogP contribution >= 0.6 is 0 Å². The molecule has 142 valence electrons. The van der Waals surface area contributed by atoms with Gasteiger partial charge in [-0.3, -0.25) is 14.5 Å². The summed E-state index contributed by atoms with van der Waals surface area (Å²) in [5.74, 6) is 0.207. The van der Waals surface area contributed by atoms with Gasteiger partial charge in [-0.2, -0.15) is 0 Å². The van der Waals surface area contributed by atoms with E-state index < -0.39 is 0 Å². The van der Waals surface area contributed by atoms with Gasteiger partial charge in [-0.15, -0.1) is 0 Å². The highest BCUT2D eigenvalue weighted by Crippen LogP contribution is 2.21. The first kappa shape index (κ1) is 18.9. The van der Waals surface area contributed by atoms with Crippen molar-refractivity contribution in [2.45, 2.75) is 57.0 Å². The predicted octanol–water partition coefficient (Wildman–Crippen LogP) is 2.67. The average Bonchev–Trinajstić information content (AvgIpc) is 2.69. The van der Waals surface area contributed by atoms with E-state index in [-0.39, 0.29) is 17.9 Å². The lowest BCUT2D eigenvalue weighted by atomic mass is 9.94. The molecule has 2 amide bonds. The molecular weight excluding hydrogens is 326 g/mol. The fourth-order valence-corrected chi connectivity index (χ4v) is 4.10. The largest absolute Gasteiger partial charge is 0.349 e. The lowest BCUT2D eigenvalue weighted by molar-refractivity contribution is -0.133. The van der Waals surface area contributed by atoms with E-state index in [2.05, 4.69) is 17.3 Å². The van der Waals surface area contributed by atoms with Crippen molar-refractivity contribution in [1.82, 2.24) is 15.1 Å². The molecule has 1 aliphatic carbocycles. The van der Waals surface area contributed by atoms with E-state index in [9.17, 15) is 9.59 Å². The Balaban J connectivity index is 1.41. The van der Waals surface area contributed by atoms with E-state index in [0.29, 0.717) is 18.2 Å². The summed E-state index contributed by atoms with van der Waals surface area (Å²) in [6, 6.07) is 10.0. The van der Waals surface area contributed by atoms with Gasteiger partial charge in [-0.25, -0.2) is 0 Å². The number of likely N-dealkylation sites (N-methyl/N-ethyl adjacent to an activating group) is 1. The van der Waals surface area contributed by atoms with Crippen LogP contribution in [-0.4, -0.2) is 60.4 Å². The lowest BCUT2D eigenvalue weighted by Gasteiger charge is -2.35. The highest BCUT2D eigenvalue weighted by atomic mass is 16.2. The maximum Gasteiger partial charge on any atom is 0.251 e. The summed E-state index contributed by atoms with van der Waals surface area (Å²) in [7, 11) is 2.08. The highest BCUT2D eigenvalue weighted by Gasteiger charge is 2.26. The summed E-state index contributed by atoms with van der Waals surface area (Å²) in [4.78, 5) is 29.1. The van der Waals surface area contributed by atoms with Crippen LogP contribution in [0.25, 0.3) is 0 Å². The number of carbonyl (C=O) groups is 2. The van der Waals surface area contributed by atoms with Crippen LogP contribution in [0.3, 0.4) is 0 Å². The van der Waals surface area contributed by atoms with Gasteiger partial charge in [0.15, 0.2) is 0 Å². The van der Waals surface area contributed by atoms with Gasteiger partial charge in [0.05, 0.1) is 6.54 Å². The number of hydrogen-bond acceptors (Lipinski definition) is 3. The molecule has 3 rings (SSSR count). The molecule has 0 aromatic heterocycles. The summed E-state index contributed by atoms with van der Waals surface area (Å²) >= 11 is 0. The molecule has 1 N–H and O–H groups in total. The van der Waals surface area contributed by atoms with E-state index in [0.717, 1.165) is 25.9 Å². The van der Waals surface area contributed by atoms with Crippen molar-refractivity contribution in [3.63, 3.8) is 0 Å². The SMILES string of the molecule is CN(CC(=O)N1CCC(NC(=O)c2ccccc2)CC1)C1CCCCC1.